The molecule has 2 fully saturated rings. The molecule has 0 bridgehead atoms. The van der Waals surface area contributed by atoms with Crippen LogP contribution in [0, 0.1) is 5.92 Å². The predicted octanol–water partition coefficient (Wildman–Crippen LogP) is 2.17. The van der Waals surface area contributed by atoms with E-state index in [1.54, 1.807) is 0 Å². The van der Waals surface area contributed by atoms with Gasteiger partial charge in [0.05, 0.1) is 0 Å². The summed E-state index contributed by atoms with van der Waals surface area (Å²) < 4.78 is 0. The van der Waals surface area contributed by atoms with Crippen LogP contribution in [-0.2, 0) is 4.79 Å². The topological polar surface area (TPSA) is 32.3 Å². The number of amides is 1. The lowest BCUT2D eigenvalue weighted by molar-refractivity contribution is -0.127. The van der Waals surface area contributed by atoms with Gasteiger partial charge in [0.2, 0.25) is 5.91 Å². The quantitative estimate of drug-likeness (QED) is 0.745. The molecule has 0 radical (unpaired) electrons. The summed E-state index contributed by atoms with van der Waals surface area (Å²) in [5, 5.41) is 3.07. The van der Waals surface area contributed by atoms with Crippen molar-refractivity contribution in [2.45, 2.75) is 57.9 Å². The highest BCUT2D eigenvalue weighted by molar-refractivity contribution is 5.79. The Labute approximate surface area is 105 Å². The second-order valence-electron chi connectivity index (χ2n) is 5.65. The Morgan fingerprint density at radius 1 is 1.24 bits per heavy atom. The van der Waals surface area contributed by atoms with Crippen LogP contribution in [0.4, 0.5) is 0 Å². The Bertz CT molecular complexity index is 251. The number of carbonyl (C=O) groups is 1. The number of piperidine rings is 1. The van der Waals surface area contributed by atoms with Gasteiger partial charge < -0.3 is 10.2 Å². The van der Waals surface area contributed by atoms with Crippen molar-refractivity contribution in [2.75, 3.05) is 19.6 Å². The summed E-state index contributed by atoms with van der Waals surface area (Å²) in [6, 6.07) is 0.742. The van der Waals surface area contributed by atoms with Crippen molar-refractivity contribution in [3.63, 3.8) is 0 Å². The van der Waals surface area contributed by atoms with Gasteiger partial charge in [-0.1, -0.05) is 12.8 Å². The van der Waals surface area contributed by atoms with E-state index in [0.717, 1.165) is 38.4 Å². The van der Waals surface area contributed by atoms with Crippen molar-refractivity contribution in [1.29, 1.82) is 0 Å². The lowest BCUT2D eigenvalue weighted by Gasteiger charge is -2.33. The van der Waals surface area contributed by atoms with E-state index in [4.69, 9.17) is 0 Å². The number of rotatable bonds is 5. The lowest BCUT2D eigenvalue weighted by atomic mass is 9.85. The Balaban J connectivity index is 1.54. The highest BCUT2D eigenvalue weighted by Gasteiger charge is 2.24. The van der Waals surface area contributed by atoms with Crippen LogP contribution >= 0.6 is 0 Å². The van der Waals surface area contributed by atoms with Crippen LogP contribution in [0.1, 0.15) is 51.9 Å². The van der Waals surface area contributed by atoms with Gasteiger partial charge in [0, 0.05) is 25.0 Å². The average molecular weight is 238 g/mol. The van der Waals surface area contributed by atoms with Gasteiger partial charge in [-0.05, 0) is 45.6 Å². The zero-order chi connectivity index (χ0) is 12.1. The monoisotopic (exact) mass is 238 g/mol. The molecule has 1 N–H and O–H groups in total. The molecule has 1 amide bonds. The van der Waals surface area contributed by atoms with Crippen molar-refractivity contribution < 1.29 is 4.79 Å². The second kappa shape index (κ2) is 6.39. The van der Waals surface area contributed by atoms with Crippen LogP contribution in [0.5, 0.6) is 0 Å². The summed E-state index contributed by atoms with van der Waals surface area (Å²) in [4.78, 5) is 14.2. The molecule has 98 valence electrons. The van der Waals surface area contributed by atoms with Crippen molar-refractivity contribution in [3.8, 4) is 0 Å². The molecule has 2 rings (SSSR count). The standard InChI is InChI=1S/C14H26N2O/c1-12-6-2-3-10-16(12)11-5-9-15-14(17)13-7-4-8-13/h12-13H,2-11H2,1H3,(H,15,17). The van der Waals surface area contributed by atoms with Crippen LogP contribution < -0.4 is 5.32 Å². The molecular weight excluding hydrogens is 212 g/mol. The highest BCUT2D eigenvalue weighted by atomic mass is 16.1. The molecule has 1 aliphatic heterocycles. The SMILES string of the molecule is CC1CCCCN1CCCNC(=O)C1CCC1. The first-order valence-corrected chi connectivity index (χ1v) is 7.29. The molecule has 17 heavy (non-hydrogen) atoms. The van der Waals surface area contributed by atoms with Gasteiger partial charge in [-0.2, -0.15) is 0 Å². The van der Waals surface area contributed by atoms with E-state index in [9.17, 15) is 4.79 Å². The molecule has 1 saturated heterocycles. The Hall–Kier alpha value is -0.570. The van der Waals surface area contributed by atoms with Crippen LogP contribution in [0.3, 0.4) is 0 Å². The van der Waals surface area contributed by atoms with Gasteiger partial charge in [-0.25, -0.2) is 0 Å². The second-order valence-corrected chi connectivity index (χ2v) is 5.65. The third-order valence-corrected chi connectivity index (χ3v) is 4.34. The molecule has 0 aromatic heterocycles. The molecule has 1 aliphatic carbocycles. The molecule has 1 atom stereocenters. The molecule has 1 unspecified atom stereocenters. The third-order valence-electron chi connectivity index (χ3n) is 4.34. The van der Waals surface area contributed by atoms with Crippen LogP contribution in [0.2, 0.25) is 0 Å². The van der Waals surface area contributed by atoms with E-state index in [1.807, 2.05) is 0 Å². The van der Waals surface area contributed by atoms with Crippen molar-refractivity contribution >= 4 is 5.91 Å². The number of hydrogen-bond acceptors (Lipinski definition) is 2. The van der Waals surface area contributed by atoms with Crippen LogP contribution in [-0.4, -0.2) is 36.5 Å². The molecule has 0 spiro atoms. The number of nitrogens with zero attached hydrogens (tertiary/aromatic N) is 1. The fraction of sp³-hybridized carbons (Fsp3) is 0.929. The van der Waals surface area contributed by atoms with Gasteiger partial charge in [0.1, 0.15) is 0 Å². The lowest BCUT2D eigenvalue weighted by Crippen LogP contribution is -2.40. The fourth-order valence-corrected chi connectivity index (χ4v) is 2.80. The molecule has 1 saturated carbocycles. The number of nitrogens with one attached hydrogen (secondary N) is 1. The Morgan fingerprint density at radius 2 is 2.06 bits per heavy atom. The maximum atomic E-state index is 11.6. The van der Waals surface area contributed by atoms with Crippen molar-refractivity contribution in [3.05, 3.63) is 0 Å². The Morgan fingerprint density at radius 3 is 2.71 bits per heavy atom. The molecule has 1 heterocycles. The Kier molecular flexibility index (Phi) is 4.84. The minimum atomic E-state index is 0.294. The fourth-order valence-electron chi connectivity index (χ4n) is 2.80. The van der Waals surface area contributed by atoms with Gasteiger partial charge in [0.25, 0.3) is 0 Å². The van der Waals surface area contributed by atoms with Crippen molar-refractivity contribution in [1.82, 2.24) is 10.2 Å². The minimum Gasteiger partial charge on any atom is -0.356 e. The minimum absolute atomic E-state index is 0.294. The summed E-state index contributed by atoms with van der Waals surface area (Å²) in [5.41, 5.74) is 0. The number of carbonyl (C=O) groups excluding carboxylic acids is 1. The van der Waals surface area contributed by atoms with Crippen LogP contribution in [0.25, 0.3) is 0 Å². The summed E-state index contributed by atoms with van der Waals surface area (Å²) in [6.07, 6.45) is 8.62. The summed E-state index contributed by atoms with van der Waals surface area (Å²) in [6.45, 7) is 5.58. The summed E-state index contributed by atoms with van der Waals surface area (Å²) in [7, 11) is 0. The molecule has 0 aromatic carbocycles. The third kappa shape index (κ3) is 3.70. The molecular formula is C14H26N2O. The van der Waals surface area contributed by atoms with Gasteiger partial charge >= 0.3 is 0 Å². The van der Waals surface area contributed by atoms with E-state index < -0.39 is 0 Å². The van der Waals surface area contributed by atoms with E-state index in [-0.39, 0.29) is 0 Å². The molecule has 0 aromatic rings. The van der Waals surface area contributed by atoms with E-state index >= 15 is 0 Å². The zero-order valence-corrected chi connectivity index (χ0v) is 11.1. The first kappa shape index (κ1) is 12.9. The average Bonchev–Trinajstić information content (AvgIpc) is 2.24. The first-order valence-electron chi connectivity index (χ1n) is 7.29. The molecule has 3 nitrogen and oxygen atoms in total. The number of likely N-dealkylation sites (tertiary alicyclic amines) is 1. The highest BCUT2D eigenvalue weighted by Crippen LogP contribution is 2.26. The van der Waals surface area contributed by atoms with Crippen molar-refractivity contribution in [2.24, 2.45) is 5.92 Å². The maximum absolute atomic E-state index is 11.6. The first-order chi connectivity index (χ1) is 8.27. The largest absolute Gasteiger partial charge is 0.356 e. The van der Waals surface area contributed by atoms with E-state index in [0.29, 0.717) is 11.8 Å². The molecule has 2 aliphatic rings. The predicted molar refractivity (Wildman–Crippen MR) is 69.9 cm³/mol. The van der Waals surface area contributed by atoms with Gasteiger partial charge in [-0.3, -0.25) is 4.79 Å². The summed E-state index contributed by atoms with van der Waals surface area (Å²) in [5.74, 6) is 0.631. The molecule has 3 heteroatoms. The smallest absolute Gasteiger partial charge is 0.223 e. The summed E-state index contributed by atoms with van der Waals surface area (Å²) >= 11 is 0. The van der Waals surface area contributed by atoms with Gasteiger partial charge in [0.15, 0.2) is 0 Å². The number of hydrogen-bond donors (Lipinski definition) is 1. The zero-order valence-electron chi connectivity index (χ0n) is 11.1. The maximum Gasteiger partial charge on any atom is 0.223 e. The van der Waals surface area contributed by atoms with E-state index in [1.165, 1.54) is 32.2 Å². The van der Waals surface area contributed by atoms with E-state index in [2.05, 4.69) is 17.1 Å². The van der Waals surface area contributed by atoms with Gasteiger partial charge in [-0.15, -0.1) is 0 Å². The normalized spacial score (nSPS) is 26.5. The van der Waals surface area contributed by atoms with Crippen LogP contribution in [0.15, 0.2) is 0 Å².